The van der Waals surface area contributed by atoms with Gasteiger partial charge in [-0.1, -0.05) is 18.2 Å². The molecule has 1 atom stereocenters. The average Bonchev–Trinajstić information content (AvgIpc) is 3.13. The summed E-state index contributed by atoms with van der Waals surface area (Å²) < 4.78 is 37.9. The van der Waals surface area contributed by atoms with Crippen LogP contribution in [-0.2, 0) is 12.7 Å². The Morgan fingerprint density at radius 1 is 1.35 bits per heavy atom. The lowest BCUT2D eigenvalue weighted by Gasteiger charge is -2.27. The molecule has 0 radical (unpaired) electrons. The molecule has 1 aliphatic rings. The van der Waals surface area contributed by atoms with E-state index in [-0.39, 0.29) is 18.4 Å². The number of hydrogen-bond acceptors (Lipinski definition) is 2. The molecule has 1 unspecified atom stereocenters. The molecule has 6 heteroatoms. The monoisotopic (exact) mass is 308 g/mol. The first kappa shape index (κ1) is 17.3. The molecule has 2 rings (SSSR count). The zero-order valence-electron chi connectivity index (χ0n) is 11.4. The van der Waals surface area contributed by atoms with Gasteiger partial charge in [-0.25, -0.2) is 0 Å². The average molecular weight is 309 g/mol. The topological polar surface area (TPSA) is 29.3 Å². The van der Waals surface area contributed by atoms with Crippen LogP contribution in [0.25, 0.3) is 0 Å². The van der Waals surface area contributed by atoms with Gasteiger partial charge in [0, 0.05) is 19.1 Å². The van der Waals surface area contributed by atoms with Crippen LogP contribution >= 0.6 is 12.4 Å². The zero-order chi connectivity index (χ0) is 14.0. The van der Waals surface area contributed by atoms with E-state index in [4.69, 9.17) is 5.73 Å². The highest BCUT2D eigenvalue weighted by atomic mass is 35.5. The van der Waals surface area contributed by atoms with E-state index in [1.165, 1.54) is 25.0 Å². The second-order valence-corrected chi connectivity index (χ2v) is 5.25. The lowest BCUT2D eigenvalue weighted by molar-refractivity contribution is -0.137. The number of nitrogens with zero attached hydrogens (tertiary/aromatic N) is 1. The van der Waals surface area contributed by atoms with E-state index in [9.17, 15) is 13.2 Å². The largest absolute Gasteiger partial charge is 0.416 e. The molecule has 0 bridgehead atoms. The molecule has 0 aromatic heterocycles. The van der Waals surface area contributed by atoms with Gasteiger partial charge in [-0.15, -0.1) is 12.4 Å². The molecule has 114 valence electrons. The number of benzene rings is 1. The molecular weight excluding hydrogens is 289 g/mol. The first-order valence-corrected chi connectivity index (χ1v) is 6.48. The van der Waals surface area contributed by atoms with Gasteiger partial charge < -0.3 is 5.73 Å². The lowest BCUT2D eigenvalue weighted by atomic mass is 10.1. The molecule has 0 saturated heterocycles. The first-order valence-electron chi connectivity index (χ1n) is 6.48. The van der Waals surface area contributed by atoms with E-state index >= 15 is 0 Å². The van der Waals surface area contributed by atoms with Gasteiger partial charge in [-0.2, -0.15) is 13.2 Å². The number of rotatable bonds is 5. The van der Waals surface area contributed by atoms with Crippen LogP contribution < -0.4 is 5.73 Å². The van der Waals surface area contributed by atoms with E-state index in [1.54, 1.807) is 6.07 Å². The van der Waals surface area contributed by atoms with Crippen molar-refractivity contribution in [3.8, 4) is 0 Å². The van der Waals surface area contributed by atoms with Gasteiger partial charge in [-0.05, 0) is 37.4 Å². The summed E-state index contributed by atoms with van der Waals surface area (Å²) in [6, 6.07) is 5.78. The van der Waals surface area contributed by atoms with Crippen molar-refractivity contribution < 1.29 is 13.2 Å². The highest BCUT2D eigenvalue weighted by Crippen LogP contribution is 2.35. The lowest BCUT2D eigenvalue weighted by Crippen LogP contribution is -2.39. The summed E-state index contributed by atoms with van der Waals surface area (Å²) in [5.41, 5.74) is 5.83. The highest BCUT2D eigenvalue weighted by Gasteiger charge is 2.33. The molecule has 1 saturated carbocycles. The second kappa shape index (κ2) is 6.78. The van der Waals surface area contributed by atoms with E-state index in [2.05, 4.69) is 4.90 Å². The molecule has 20 heavy (non-hydrogen) atoms. The van der Waals surface area contributed by atoms with E-state index in [0.29, 0.717) is 24.6 Å². The van der Waals surface area contributed by atoms with Crippen molar-refractivity contribution in [3.63, 3.8) is 0 Å². The van der Waals surface area contributed by atoms with Crippen molar-refractivity contribution in [1.82, 2.24) is 4.90 Å². The van der Waals surface area contributed by atoms with Gasteiger partial charge in [0.1, 0.15) is 0 Å². The van der Waals surface area contributed by atoms with Crippen LogP contribution in [0, 0.1) is 5.92 Å². The molecule has 1 aromatic rings. The Morgan fingerprint density at radius 3 is 2.50 bits per heavy atom. The van der Waals surface area contributed by atoms with Crippen LogP contribution in [0.4, 0.5) is 13.2 Å². The molecule has 1 aromatic carbocycles. The van der Waals surface area contributed by atoms with Crippen LogP contribution in [0.3, 0.4) is 0 Å². The molecule has 1 aliphatic carbocycles. The van der Waals surface area contributed by atoms with Crippen LogP contribution in [0.2, 0.25) is 0 Å². The van der Waals surface area contributed by atoms with Gasteiger partial charge in [0.15, 0.2) is 0 Å². The quantitative estimate of drug-likeness (QED) is 0.904. The summed E-state index contributed by atoms with van der Waals surface area (Å²) >= 11 is 0. The summed E-state index contributed by atoms with van der Waals surface area (Å²) in [6.07, 6.45) is -1.93. The van der Waals surface area contributed by atoms with Crippen molar-refractivity contribution >= 4 is 12.4 Å². The van der Waals surface area contributed by atoms with Crippen LogP contribution in [0.15, 0.2) is 24.3 Å². The highest BCUT2D eigenvalue weighted by molar-refractivity contribution is 5.85. The predicted octanol–water partition coefficient (Wildman–Crippen LogP) is 3.30. The van der Waals surface area contributed by atoms with Crippen LogP contribution in [0.5, 0.6) is 0 Å². The Bertz CT molecular complexity index is 433. The Hall–Kier alpha value is -0.780. The fourth-order valence-electron chi connectivity index (χ4n) is 2.46. The summed E-state index contributed by atoms with van der Waals surface area (Å²) in [5.74, 6) is 0.612. The molecule has 2 N–H and O–H groups in total. The van der Waals surface area contributed by atoms with Crippen LogP contribution in [0.1, 0.15) is 24.0 Å². The van der Waals surface area contributed by atoms with E-state index < -0.39 is 11.7 Å². The molecule has 1 fully saturated rings. The number of likely N-dealkylation sites (N-methyl/N-ethyl adjacent to an activating group) is 1. The van der Waals surface area contributed by atoms with Gasteiger partial charge in [0.2, 0.25) is 0 Å². The van der Waals surface area contributed by atoms with Gasteiger partial charge >= 0.3 is 6.18 Å². The van der Waals surface area contributed by atoms with E-state index in [0.717, 1.165) is 6.07 Å². The van der Waals surface area contributed by atoms with Gasteiger partial charge in [-0.3, -0.25) is 4.90 Å². The van der Waals surface area contributed by atoms with Crippen molar-refractivity contribution in [2.24, 2.45) is 11.7 Å². The van der Waals surface area contributed by atoms with Crippen molar-refractivity contribution in [3.05, 3.63) is 35.4 Å². The number of nitrogens with two attached hydrogens (primary N) is 1. The molecular formula is C14H20ClF3N2. The molecule has 0 heterocycles. The Kier molecular flexibility index (Phi) is 5.86. The zero-order valence-corrected chi connectivity index (χ0v) is 12.2. The first-order chi connectivity index (χ1) is 8.91. The molecule has 2 nitrogen and oxygen atoms in total. The smallest absolute Gasteiger partial charge is 0.329 e. The minimum Gasteiger partial charge on any atom is -0.329 e. The third-order valence-corrected chi connectivity index (χ3v) is 3.66. The number of halogens is 4. The Morgan fingerprint density at radius 2 is 2.00 bits per heavy atom. The summed E-state index contributed by atoms with van der Waals surface area (Å²) in [5, 5.41) is 0. The minimum atomic E-state index is -4.28. The molecule has 0 amide bonds. The fourth-order valence-corrected chi connectivity index (χ4v) is 2.46. The second-order valence-electron chi connectivity index (χ2n) is 5.25. The predicted molar refractivity (Wildman–Crippen MR) is 75.7 cm³/mol. The van der Waals surface area contributed by atoms with Gasteiger partial charge in [0.05, 0.1) is 5.56 Å². The fraction of sp³-hybridized carbons (Fsp3) is 0.571. The minimum absolute atomic E-state index is 0. The SMILES string of the molecule is CN(Cc1cccc(C(F)(F)F)c1)C(CN)C1CC1.Cl. The maximum absolute atomic E-state index is 12.6. The maximum atomic E-state index is 12.6. The summed E-state index contributed by atoms with van der Waals surface area (Å²) in [7, 11) is 1.93. The number of alkyl halides is 3. The van der Waals surface area contributed by atoms with E-state index in [1.807, 2.05) is 7.05 Å². The van der Waals surface area contributed by atoms with Crippen molar-refractivity contribution in [2.45, 2.75) is 31.6 Å². The maximum Gasteiger partial charge on any atom is 0.416 e. The number of hydrogen-bond donors (Lipinski definition) is 1. The van der Waals surface area contributed by atoms with Gasteiger partial charge in [0.25, 0.3) is 0 Å². The summed E-state index contributed by atoms with van der Waals surface area (Å²) in [6.45, 7) is 1.06. The summed E-state index contributed by atoms with van der Waals surface area (Å²) in [4.78, 5) is 2.06. The molecule has 0 aliphatic heterocycles. The van der Waals surface area contributed by atoms with Crippen molar-refractivity contribution in [2.75, 3.05) is 13.6 Å². The third kappa shape index (κ3) is 4.36. The van der Waals surface area contributed by atoms with Crippen molar-refractivity contribution in [1.29, 1.82) is 0 Å². The normalized spacial score (nSPS) is 16.9. The third-order valence-electron chi connectivity index (χ3n) is 3.66. The standard InChI is InChI=1S/C14H19F3N2.ClH/c1-19(13(8-18)11-5-6-11)9-10-3-2-4-12(7-10)14(15,16)17;/h2-4,7,11,13H,5-6,8-9,18H2,1H3;1H. The Labute approximate surface area is 123 Å². The molecule has 0 spiro atoms. The Balaban J connectivity index is 0.00000200. The van der Waals surface area contributed by atoms with Crippen LogP contribution in [-0.4, -0.2) is 24.5 Å².